The largest absolute Gasteiger partial charge is 0.497 e. The van der Waals surface area contributed by atoms with Gasteiger partial charge in [0.05, 0.1) is 7.11 Å². The quantitative estimate of drug-likeness (QED) is 0.794. The highest BCUT2D eigenvalue weighted by molar-refractivity contribution is 5.91. The number of methoxy groups -OCH3 is 1. The molecule has 150 valence electrons. The first-order valence-corrected chi connectivity index (χ1v) is 10.1. The summed E-state index contributed by atoms with van der Waals surface area (Å²) in [5, 5.41) is 3.03. The first kappa shape index (κ1) is 20.2. The highest BCUT2D eigenvalue weighted by Crippen LogP contribution is 2.25. The van der Waals surface area contributed by atoms with E-state index < -0.39 is 0 Å². The predicted molar refractivity (Wildman–Crippen MR) is 115 cm³/mol. The molecular weight excluding hydrogens is 350 g/mol. The van der Waals surface area contributed by atoms with Crippen LogP contribution in [0.15, 0.2) is 42.5 Å². The van der Waals surface area contributed by atoms with Crippen molar-refractivity contribution < 1.29 is 9.53 Å². The van der Waals surface area contributed by atoms with Crippen molar-refractivity contribution in [3.8, 4) is 5.75 Å². The van der Waals surface area contributed by atoms with Gasteiger partial charge in [0.15, 0.2) is 0 Å². The molecule has 0 radical (unpaired) electrons. The number of piperazine rings is 1. The summed E-state index contributed by atoms with van der Waals surface area (Å²) in [5.74, 6) is 0.874. The van der Waals surface area contributed by atoms with E-state index in [-0.39, 0.29) is 5.91 Å². The minimum atomic E-state index is 0.0412. The molecule has 0 bridgehead atoms. The number of hydrogen-bond donors (Lipinski definition) is 1. The van der Waals surface area contributed by atoms with Crippen molar-refractivity contribution >= 4 is 17.3 Å². The summed E-state index contributed by atoms with van der Waals surface area (Å²) in [6.07, 6.45) is 1.18. The molecule has 1 heterocycles. The van der Waals surface area contributed by atoms with Crippen LogP contribution in [0.3, 0.4) is 0 Å². The number of carbonyl (C=O) groups is 1. The Morgan fingerprint density at radius 1 is 1.07 bits per heavy atom. The van der Waals surface area contributed by atoms with Crippen LogP contribution in [0.5, 0.6) is 5.75 Å². The Balaban J connectivity index is 1.52. The van der Waals surface area contributed by atoms with Gasteiger partial charge in [0.2, 0.25) is 5.91 Å². The zero-order chi connectivity index (χ0) is 19.9. The van der Waals surface area contributed by atoms with Crippen molar-refractivity contribution in [3.63, 3.8) is 0 Å². The number of rotatable bonds is 7. The minimum absolute atomic E-state index is 0.0412. The highest BCUT2D eigenvalue weighted by atomic mass is 16.5. The van der Waals surface area contributed by atoms with Gasteiger partial charge in [-0.25, -0.2) is 0 Å². The number of nitrogens with one attached hydrogen (secondary N) is 1. The molecule has 0 atom stereocenters. The number of ether oxygens (including phenoxy) is 1. The van der Waals surface area contributed by atoms with Crippen LogP contribution >= 0.6 is 0 Å². The van der Waals surface area contributed by atoms with Gasteiger partial charge in [0.1, 0.15) is 5.75 Å². The van der Waals surface area contributed by atoms with Crippen LogP contribution in [-0.2, 0) is 11.2 Å². The Kier molecular flexibility index (Phi) is 6.93. The molecule has 3 rings (SSSR count). The van der Waals surface area contributed by atoms with E-state index in [9.17, 15) is 4.79 Å². The number of benzene rings is 2. The van der Waals surface area contributed by atoms with Crippen molar-refractivity contribution in [2.75, 3.05) is 50.1 Å². The topological polar surface area (TPSA) is 44.8 Å². The maximum absolute atomic E-state index is 12.3. The lowest BCUT2D eigenvalue weighted by molar-refractivity contribution is -0.116. The first-order chi connectivity index (χ1) is 13.6. The maximum atomic E-state index is 12.3. The summed E-state index contributed by atoms with van der Waals surface area (Å²) in [4.78, 5) is 17.2. The molecule has 0 saturated carbocycles. The van der Waals surface area contributed by atoms with Gasteiger partial charge in [-0.15, -0.1) is 0 Å². The first-order valence-electron chi connectivity index (χ1n) is 10.1. The van der Waals surface area contributed by atoms with Gasteiger partial charge in [-0.1, -0.05) is 19.1 Å². The Morgan fingerprint density at radius 2 is 1.79 bits per heavy atom. The summed E-state index contributed by atoms with van der Waals surface area (Å²) in [6.45, 7) is 9.79. The Labute approximate surface area is 168 Å². The van der Waals surface area contributed by atoms with Gasteiger partial charge in [-0.3, -0.25) is 4.79 Å². The maximum Gasteiger partial charge on any atom is 0.224 e. The third-order valence-corrected chi connectivity index (χ3v) is 5.44. The monoisotopic (exact) mass is 381 g/mol. The van der Waals surface area contributed by atoms with E-state index in [1.165, 1.54) is 11.3 Å². The number of anilines is 2. The van der Waals surface area contributed by atoms with E-state index in [1.54, 1.807) is 7.11 Å². The van der Waals surface area contributed by atoms with E-state index in [2.05, 4.69) is 41.1 Å². The Bertz CT molecular complexity index is 781. The van der Waals surface area contributed by atoms with Crippen molar-refractivity contribution in [2.24, 2.45) is 0 Å². The predicted octanol–water partition coefficient (Wildman–Crippen LogP) is 3.72. The molecule has 5 heteroatoms. The van der Waals surface area contributed by atoms with Crippen molar-refractivity contribution in [3.05, 3.63) is 53.6 Å². The zero-order valence-electron chi connectivity index (χ0n) is 17.2. The average Bonchev–Trinajstić information content (AvgIpc) is 2.73. The SMILES string of the molecule is CCN1CCN(c2ccc(NC(=O)CCc3ccc(OC)cc3)cc2C)CC1. The van der Waals surface area contributed by atoms with E-state index >= 15 is 0 Å². The van der Waals surface area contributed by atoms with E-state index in [4.69, 9.17) is 4.74 Å². The lowest BCUT2D eigenvalue weighted by Crippen LogP contribution is -2.46. The molecule has 2 aromatic carbocycles. The van der Waals surface area contributed by atoms with Crippen LogP contribution in [0.2, 0.25) is 0 Å². The van der Waals surface area contributed by atoms with Gasteiger partial charge in [-0.2, -0.15) is 0 Å². The number of nitrogens with zero attached hydrogens (tertiary/aromatic N) is 2. The Morgan fingerprint density at radius 3 is 2.39 bits per heavy atom. The minimum Gasteiger partial charge on any atom is -0.497 e. The molecule has 0 aliphatic carbocycles. The molecule has 1 N–H and O–H groups in total. The summed E-state index contributed by atoms with van der Waals surface area (Å²) < 4.78 is 5.16. The normalized spacial score (nSPS) is 14.8. The lowest BCUT2D eigenvalue weighted by Gasteiger charge is -2.36. The second-order valence-corrected chi connectivity index (χ2v) is 7.32. The van der Waals surface area contributed by atoms with Crippen LogP contribution < -0.4 is 15.0 Å². The summed E-state index contributed by atoms with van der Waals surface area (Å²) in [7, 11) is 1.65. The van der Waals surface area contributed by atoms with Gasteiger partial charge in [0.25, 0.3) is 0 Å². The number of hydrogen-bond acceptors (Lipinski definition) is 4. The van der Waals surface area contributed by atoms with Crippen molar-refractivity contribution in [2.45, 2.75) is 26.7 Å². The molecule has 1 aliphatic heterocycles. The van der Waals surface area contributed by atoms with Crippen molar-refractivity contribution in [1.29, 1.82) is 0 Å². The highest BCUT2D eigenvalue weighted by Gasteiger charge is 2.17. The molecule has 0 spiro atoms. The van der Waals surface area contributed by atoms with E-state index in [0.29, 0.717) is 12.8 Å². The molecule has 28 heavy (non-hydrogen) atoms. The summed E-state index contributed by atoms with van der Waals surface area (Å²) >= 11 is 0. The van der Waals surface area contributed by atoms with E-state index in [0.717, 1.165) is 49.7 Å². The van der Waals surface area contributed by atoms with Gasteiger partial charge in [0, 0.05) is 44.0 Å². The number of likely N-dealkylation sites (N-methyl/N-ethyl adjacent to an activating group) is 1. The van der Waals surface area contributed by atoms with Crippen LogP contribution in [0.4, 0.5) is 11.4 Å². The second kappa shape index (κ2) is 9.60. The average molecular weight is 382 g/mol. The lowest BCUT2D eigenvalue weighted by atomic mass is 10.1. The molecule has 1 saturated heterocycles. The molecule has 2 aromatic rings. The van der Waals surface area contributed by atoms with Gasteiger partial charge in [-0.05, 0) is 61.3 Å². The number of amides is 1. The summed E-state index contributed by atoms with van der Waals surface area (Å²) in [5.41, 5.74) is 4.48. The van der Waals surface area contributed by atoms with E-state index in [1.807, 2.05) is 30.3 Å². The number of carbonyl (C=O) groups excluding carboxylic acids is 1. The molecule has 5 nitrogen and oxygen atoms in total. The molecule has 1 fully saturated rings. The molecule has 1 amide bonds. The van der Waals surface area contributed by atoms with Crippen molar-refractivity contribution in [1.82, 2.24) is 4.90 Å². The van der Waals surface area contributed by atoms with Crippen LogP contribution in [-0.4, -0.2) is 50.6 Å². The number of aryl methyl sites for hydroxylation is 2. The molecule has 0 aromatic heterocycles. The third-order valence-electron chi connectivity index (χ3n) is 5.44. The zero-order valence-corrected chi connectivity index (χ0v) is 17.2. The summed E-state index contributed by atoms with van der Waals surface area (Å²) in [6, 6.07) is 14.1. The fraction of sp³-hybridized carbons (Fsp3) is 0.435. The third kappa shape index (κ3) is 5.26. The van der Waals surface area contributed by atoms with Crippen LogP contribution in [0, 0.1) is 6.92 Å². The van der Waals surface area contributed by atoms with Crippen LogP contribution in [0.25, 0.3) is 0 Å². The Hall–Kier alpha value is -2.53. The molecule has 0 unspecified atom stereocenters. The molecule has 1 aliphatic rings. The van der Waals surface area contributed by atoms with Gasteiger partial charge >= 0.3 is 0 Å². The smallest absolute Gasteiger partial charge is 0.224 e. The van der Waals surface area contributed by atoms with Crippen LogP contribution in [0.1, 0.15) is 24.5 Å². The second-order valence-electron chi connectivity index (χ2n) is 7.32. The molecular formula is C23H31N3O2. The fourth-order valence-corrected chi connectivity index (χ4v) is 3.67. The standard InChI is InChI=1S/C23H31N3O2/c1-4-25-13-15-26(16-14-25)22-11-8-20(17-18(22)2)24-23(27)12-7-19-5-9-21(28-3)10-6-19/h5-6,8-11,17H,4,7,12-16H2,1-3H3,(H,24,27). The fourth-order valence-electron chi connectivity index (χ4n) is 3.67. The van der Waals surface area contributed by atoms with Gasteiger partial charge < -0.3 is 19.9 Å².